The second-order valence-electron chi connectivity index (χ2n) is 4.66. The van der Waals surface area contributed by atoms with Crippen molar-refractivity contribution in [1.82, 2.24) is 14.5 Å². The second kappa shape index (κ2) is 5.43. The zero-order valence-electron chi connectivity index (χ0n) is 11.0. The SMILES string of the molecule is Cc1cnccc1Cn1c(CCl)nc2cccc(Cl)c21. The van der Waals surface area contributed by atoms with E-state index in [0.29, 0.717) is 17.4 Å². The molecule has 0 amide bonds. The summed E-state index contributed by atoms with van der Waals surface area (Å²) in [4.78, 5) is 8.67. The van der Waals surface area contributed by atoms with Crippen molar-refractivity contribution in [2.75, 3.05) is 0 Å². The van der Waals surface area contributed by atoms with E-state index in [2.05, 4.69) is 14.5 Å². The number of benzene rings is 1. The van der Waals surface area contributed by atoms with Gasteiger partial charge in [0, 0.05) is 18.9 Å². The summed E-state index contributed by atoms with van der Waals surface area (Å²) >= 11 is 12.3. The van der Waals surface area contributed by atoms with Crippen molar-refractivity contribution >= 4 is 34.2 Å². The number of halogens is 2. The largest absolute Gasteiger partial charge is 0.321 e. The molecular weight excluding hydrogens is 293 g/mol. The number of nitrogens with zero attached hydrogens (tertiary/aromatic N) is 3. The monoisotopic (exact) mass is 305 g/mol. The van der Waals surface area contributed by atoms with Crippen LogP contribution in [0.4, 0.5) is 0 Å². The van der Waals surface area contributed by atoms with E-state index in [0.717, 1.165) is 22.4 Å². The zero-order valence-corrected chi connectivity index (χ0v) is 12.5. The molecule has 102 valence electrons. The summed E-state index contributed by atoms with van der Waals surface area (Å²) in [5.41, 5.74) is 4.13. The van der Waals surface area contributed by atoms with Crippen LogP contribution >= 0.6 is 23.2 Å². The first-order valence-electron chi connectivity index (χ1n) is 6.30. The van der Waals surface area contributed by atoms with Crippen LogP contribution in [0.5, 0.6) is 0 Å². The Kier molecular flexibility index (Phi) is 3.64. The van der Waals surface area contributed by atoms with E-state index in [-0.39, 0.29) is 0 Å². The van der Waals surface area contributed by atoms with Crippen molar-refractivity contribution in [3.63, 3.8) is 0 Å². The van der Waals surface area contributed by atoms with Gasteiger partial charge >= 0.3 is 0 Å². The summed E-state index contributed by atoms with van der Waals surface area (Å²) in [5.74, 6) is 1.18. The van der Waals surface area contributed by atoms with Crippen LogP contribution in [-0.2, 0) is 12.4 Å². The molecule has 0 saturated heterocycles. The van der Waals surface area contributed by atoms with Crippen LogP contribution in [0, 0.1) is 6.92 Å². The molecule has 0 saturated carbocycles. The number of alkyl halides is 1. The molecular formula is C15H13Cl2N3. The van der Waals surface area contributed by atoms with E-state index < -0.39 is 0 Å². The fourth-order valence-electron chi connectivity index (χ4n) is 2.31. The third-order valence-corrected chi connectivity index (χ3v) is 3.92. The average molecular weight is 306 g/mol. The standard InChI is InChI=1S/C15H13Cl2N3/c1-10-8-18-6-5-11(10)9-20-14(7-16)19-13-4-2-3-12(17)15(13)20/h2-6,8H,7,9H2,1H3. The minimum atomic E-state index is 0.356. The Bertz CT molecular complexity index is 765. The molecule has 0 aliphatic rings. The van der Waals surface area contributed by atoms with Crippen molar-refractivity contribution in [3.8, 4) is 0 Å². The van der Waals surface area contributed by atoms with Crippen molar-refractivity contribution in [3.05, 3.63) is 58.6 Å². The van der Waals surface area contributed by atoms with Gasteiger partial charge in [0.15, 0.2) is 0 Å². The number of aryl methyl sites for hydroxylation is 1. The van der Waals surface area contributed by atoms with Crippen LogP contribution < -0.4 is 0 Å². The lowest BCUT2D eigenvalue weighted by atomic mass is 10.1. The van der Waals surface area contributed by atoms with E-state index >= 15 is 0 Å². The van der Waals surface area contributed by atoms with Crippen LogP contribution in [-0.4, -0.2) is 14.5 Å². The van der Waals surface area contributed by atoms with Gasteiger partial charge in [-0.1, -0.05) is 17.7 Å². The minimum Gasteiger partial charge on any atom is -0.321 e. The molecule has 0 fully saturated rings. The van der Waals surface area contributed by atoms with Crippen molar-refractivity contribution in [1.29, 1.82) is 0 Å². The number of hydrogen-bond donors (Lipinski definition) is 0. The van der Waals surface area contributed by atoms with Gasteiger partial charge in [0.25, 0.3) is 0 Å². The molecule has 2 heterocycles. The van der Waals surface area contributed by atoms with Gasteiger partial charge in [0.05, 0.1) is 21.9 Å². The minimum absolute atomic E-state index is 0.356. The first kappa shape index (κ1) is 13.4. The van der Waals surface area contributed by atoms with Crippen LogP contribution in [0.1, 0.15) is 17.0 Å². The summed E-state index contributed by atoms with van der Waals surface area (Å²) in [6.07, 6.45) is 3.65. The van der Waals surface area contributed by atoms with Crippen LogP contribution in [0.3, 0.4) is 0 Å². The molecule has 0 unspecified atom stereocenters. The number of para-hydroxylation sites is 1. The maximum atomic E-state index is 6.32. The first-order chi connectivity index (χ1) is 9.70. The Labute approximate surface area is 127 Å². The summed E-state index contributed by atoms with van der Waals surface area (Å²) in [6.45, 7) is 2.74. The van der Waals surface area contributed by atoms with Gasteiger partial charge in [-0.25, -0.2) is 4.98 Å². The normalized spacial score (nSPS) is 11.2. The maximum Gasteiger partial charge on any atom is 0.125 e. The number of hydrogen-bond acceptors (Lipinski definition) is 2. The van der Waals surface area contributed by atoms with E-state index in [1.807, 2.05) is 37.4 Å². The molecule has 0 atom stereocenters. The number of imidazole rings is 1. The summed E-state index contributed by atoms with van der Waals surface area (Å²) < 4.78 is 2.08. The molecule has 0 aliphatic carbocycles. The lowest BCUT2D eigenvalue weighted by molar-refractivity contribution is 0.773. The van der Waals surface area contributed by atoms with Crippen molar-refractivity contribution < 1.29 is 0 Å². The van der Waals surface area contributed by atoms with Gasteiger partial charge in [-0.2, -0.15) is 0 Å². The maximum absolute atomic E-state index is 6.32. The van der Waals surface area contributed by atoms with E-state index in [9.17, 15) is 0 Å². The predicted molar refractivity (Wildman–Crippen MR) is 82.4 cm³/mol. The van der Waals surface area contributed by atoms with Crippen molar-refractivity contribution in [2.24, 2.45) is 0 Å². The topological polar surface area (TPSA) is 30.7 Å². The van der Waals surface area contributed by atoms with Crippen LogP contribution in [0.15, 0.2) is 36.7 Å². The van der Waals surface area contributed by atoms with Gasteiger partial charge in [0.2, 0.25) is 0 Å². The highest BCUT2D eigenvalue weighted by atomic mass is 35.5. The molecule has 3 rings (SSSR count). The van der Waals surface area contributed by atoms with Crippen LogP contribution in [0.2, 0.25) is 5.02 Å². The highest BCUT2D eigenvalue weighted by Crippen LogP contribution is 2.26. The summed E-state index contributed by atoms with van der Waals surface area (Å²) in [5, 5.41) is 0.693. The fraction of sp³-hybridized carbons (Fsp3) is 0.200. The molecule has 20 heavy (non-hydrogen) atoms. The van der Waals surface area contributed by atoms with Gasteiger partial charge in [-0.3, -0.25) is 4.98 Å². The van der Waals surface area contributed by atoms with Crippen molar-refractivity contribution in [2.45, 2.75) is 19.3 Å². The molecule has 1 aromatic carbocycles. The number of pyridine rings is 1. The first-order valence-corrected chi connectivity index (χ1v) is 7.21. The van der Waals surface area contributed by atoms with Gasteiger partial charge in [-0.15, -0.1) is 11.6 Å². The molecule has 2 aromatic heterocycles. The lowest BCUT2D eigenvalue weighted by Gasteiger charge is -2.10. The highest BCUT2D eigenvalue weighted by molar-refractivity contribution is 6.35. The number of aromatic nitrogens is 3. The zero-order chi connectivity index (χ0) is 14.1. The molecule has 0 bridgehead atoms. The third-order valence-electron chi connectivity index (χ3n) is 3.38. The Morgan fingerprint density at radius 1 is 1.25 bits per heavy atom. The third kappa shape index (κ3) is 2.28. The molecule has 0 radical (unpaired) electrons. The van der Waals surface area contributed by atoms with E-state index in [1.165, 1.54) is 5.56 Å². The number of rotatable bonds is 3. The molecule has 0 spiro atoms. The smallest absolute Gasteiger partial charge is 0.125 e. The van der Waals surface area contributed by atoms with Gasteiger partial charge in [0.1, 0.15) is 5.82 Å². The Morgan fingerprint density at radius 3 is 2.85 bits per heavy atom. The fourth-order valence-corrected chi connectivity index (χ4v) is 2.79. The Morgan fingerprint density at radius 2 is 2.10 bits per heavy atom. The number of fused-ring (bicyclic) bond motifs is 1. The predicted octanol–water partition coefficient (Wildman–Crippen LogP) is 4.18. The van der Waals surface area contributed by atoms with E-state index in [1.54, 1.807) is 6.20 Å². The quantitative estimate of drug-likeness (QED) is 0.680. The van der Waals surface area contributed by atoms with Gasteiger partial charge in [-0.05, 0) is 36.2 Å². The summed E-state index contributed by atoms with van der Waals surface area (Å²) in [7, 11) is 0. The Hall–Kier alpha value is -1.58. The molecule has 3 nitrogen and oxygen atoms in total. The average Bonchev–Trinajstić information content (AvgIpc) is 2.81. The molecule has 5 heteroatoms. The molecule has 3 aromatic rings. The van der Waals surface area contributed by atoms with Crippen LogP contribution in [0.25, 0.3) is 11.0 Å². The second-order valence-corrected chi connectivity index (χ2v) is 5.33. The molecule has 0 aliphatic heterocycles. The highest BCUT2D eigenvalue weighted by Gasteiger charge is 2.13. The summed E-state index contributed by atoms with van der Waals surface area (Å²) in [6, 6.07) is 7.74. The van der Waals surface area contributed by atoms with E-state index in [4.69, 9.17) is 23.2 Å². The Balaban J connectivity index is 2.17. The molecule has 0 N–H and O–H groups in total. The van der Waals surface area contributed by atoms with Gasteiger partial charge < -0.3 is 4.57 Å². The lowest BCUT2D eigenvalue weighted by Crippen LogP contribution is -2.05.